The monoisotopic (exact) mass is 238 g/mol. The Hall–Kier alpha value is -1.16. The van der Waals surface area contributed by atoms with Gasteiger partial charge in [-0.25, -0.2) is 0 Å². The van der Waals surface area contributed by atoms with Crippen molar-refractivity contribution in [3.63, 3.8) is 0 Å². The van der Waals surface area contributed by atoms with Gasteiger partial charge in [0.15, 0.2) is 0 Å². The average molecular weight is 238 g/mol. The van der Waals surface area contributed by atoms with Crippen LogP contribution in [0.15, 0.2) is 23.7 Å². The Bertz CT molecular complexity index is 360. The van der Waals surface area contributed by atoms with Crippen molar-refractivity contribution in [2.24, 2.45) is 28.0 Å². The summed E-state index contributed by atoms with van der Waals surface area (Å²) in [6.07, 6.45) is 4.45. The van der Waals surface area contributed by atoms with Gasteiger partial charge >= 0.3 is 0 Å². The molecule has 1 rings (SSSR count). The fourth-order valence-electron chi connectivity index (χ4n) is 2.68. The average Bonchev–Trinajstić information content (AvgIpc) is 2.10. The summed E-state index contributed by atoms with van der Waals surface area (Å²) in [6, 6.07) is 0. The number of rotatable bonds is 2. The van der Waals surface area contributed by atoms with E-state index in [1.807, 2.05) is 0 Å². The van der Waals surface area contributed by atoms with Gasteiger partial charge in [-0.1, -0.05) is 34.6 Å². The van der Waals surface area contributed by atoms with Crippen molar-refractivity contribution in [1.29, 1.82) is 0 Å². The van der Waals surface area contributed by atoms with E-state index < -0.39 is 5.66 Å². The van der Waals surface area contributed by atoms with Crippen molar-refractivity contribution in [2.45, 2.75) is 46.7 Å². The minimum atomic E-state index is -0.793. The van der Waals surface area contributed by atoms with E-state index in [0.717, 1.165) is 6.42 Å². The van der Waals surface area contributed by atoms with Gasteiger partial charge in [-0.05, 0) is 17.9 Å². The third kappa shape index (κ3) is 2.57. The first-order valence-corrected chi connectivity index (χ1v) is 5.98. The Balaban J connectivity index is 3.10. The molecule has 1 aliphatic rings. The van der Waals surface area contributed by atoms with E-state index in [1.165, 1.54) is 0 Å². The lowest BCUT2D eigenvalue weighted by Gasteiger charge is -2.48. The van der Waals surface area contributed by atoms with Gasteiger partial charge < -0.3 is 22.5 Å². The van der Waals surface area contributed by atoms with Crippen LogP contribution in [0, 0.1) is 10.8 Å². The first kappa shape index (κ1) is 13.9. The summed E-state index contributed by atoms with van der Waals surface area (Å²) in [5.74, 6) is 0. The molecule has 0 saturated heterocycles. The van der Waals surface area contributed by atoms with Crippen molar-refractivity contribution in [2.75, 3.05) is 0 Å². The minimum Gasteiger partial charge on any atom is -0.397 e. The van der Waals surface area contributed by atoms with E-state index in [0.29, 0.717) is 11.4 Å². The number of nitrogens with two attached hydrogens (primary N) is 3. The van der Waals surface area contributed by atoms with Gasteiger partial charge in [0.05, 0.1) is 11.4 Å². The van der Waals surface area contributed by atoms with E-state index >= 15 is 0 Å². The quantitative estimate of drug-likeness (QED) is 0.584. The molecule has 0 radical (unpaired) electrons. The maximum Gasteiger partial charge on any atom is 0.134 e. The van der Waals surface area contributed by atoms with Crippen LogP contribution in [-0.2, 0) is 0 Å². The second kappa shape index (κ2) is 3.95. The summed E-state index contributed by atoms with van der Waals surface area (Å²) in [5.41, 5.74) is 18.6. The molecule has 0 aliphatic carbocycles. The zero-order valence-corrected chi connectivity index (χ0v) is 11.6. The minimum absolute atomic E-state index is 0.174. The highest BCUT2D eigenvalue weighted by molar-refractivity contribution is 5.35. The molecular weight excluding hydrogens is 212 g/mol. The maximum atomic E-state index is 6.45. The molecule has 1 heterocycles. The Morgan fingerprint density at radius 2 is 1.71 bits per heavy atom. The van der Waals surface area contributed by atoms with E-state index in [9.17, 15) is 0 Å². The lowest BCUT2D eigenvalue weighted by atomic mass is 9.67. The number of dihydropyridines is 1. The summed E-state index contributed by atoms with van der Waals surface area (Å²) in [5, 5.41) is 3.17. The molecule has 0 saturated carbocycles. The van der Waals surface area contributed by atoms with E-state index in [1.54, 1.807) is 12.3 Å². The molecule has 4 heteroatoms. The standard InChI is InChI=1S/C13H26N4/c1-11(2,3)8-12(4,5)13(16)10(15)9(14)6-7-17-13/h6-7,17H,8,14-16H2,1-5H3. The van der Waals surface area contributed by atoms with Crippen molar-refractivity contribution in [3.05, 3.63) is 23.7 Å². The molecule has 0 aromatic carbocycles. The molecule has 7 N–H and O–H groups in total. The van der Waals surface area contributed by atoms with Gasteiger partial charge in [0, 0.05) is 11.6 Å². The highest BCUT2D eigenvalue weighted by atomic mass is 15.2. The molecule has 0 amide bonds. The summed E-state index contributed by atoms with van der Waals surface area (Å²) >= 11 is 0. The summed E-state index contributed by atoms with van der Waals surface area (Å²) in [6.45, 7) is 10.8. The number of nitrogens with one attached hydrogen (secondary N) is 1. The van der Waals surface area contributed by atoms with Crippen molar-refractivity contribution < 1.29 is 0 Å². The Morgan fingerprint density at radius 3 is 2.18 bits per heavy atom. The topological polar surface area (TPSA) is 90.1 Å². The summed E-state index contributed by atoms with van der Waals surface area (Å²) in [4.78, 5) is 0. The van der Waals surface area contributed by atoms with Gasteiger partial charge in [-0.3, -0.25) is 0 Å². The fraction of sp³-hybridized carbons (Fsp3) is 0.692. The fourth-order valence-corrected chi connectivity index (χ4v) is 2.68. The van der Waals surface area contributed by atoms with Crippen LogP contribution in [0.25, 0.3) is 0 Å². The molecule has 1 unspecified atom stereocenters. The predicted molar refractivity (Wildman–Crippen MR) is 72.4 cm³/mol. The summed E-state index contributed by atoms with van der Waals surface area (Å²) < 4.78 is 0. The number of hydrogen-bond acceptors (Lipinski definition) is 4. The molecular formula is C13H26N4. The molecule has 0 bridgehead atoms. The van der Waals surface area contributed by atoms with Gasteiger partial charge in [0.1, 0.15) is 5.66 Å². The molecule has 1 atom stereocenters. The second-order valence-electron chi connectivity index (χ2n) is 6.78. The zero-order chi connectivity index (χ0) is 13.5. The van der Waals surface area contributed by atoms with Crippen LogP contribution < -0.4 is 22.5 Å². The van der Waals surface area contributed by atoms with Crippen molar-refractivity contribution >= 4 is 0 Å². The third-order valence-corrected chi connectivity index (χ3v) is 3.35. The van der Waals surface area contributed by atoms with E-state index in [2.05, 4.69) is 39.9 Å². The van der Waals surface area contributed by atoms with Gasteiger partial charge in [0.25, 0.3) is 0 Å². The molecule has 0 spiro atoms. The molecule has 1 aliphatic heterocycles. The Kier molecular flexibility index (Phi) is 3.23. The molecule has 4 nitrogen and oxygen atoms in total. The van der Waals surface area contributed by atoms with Crippen LogP contribution in [0.1, 0.15) is 41.0 Å². The van der Waals surface area contributed by atoms with Crippen molar-refractivity contribution in [1.82, 2.24) is 5.32 Å². The SMILES string of the molecule is CC(C)(C)CC(C)(C)C1(N)NC=CC(N)=C1N. The summed E-state index contributed by atoms with van der Waals surface area (Å²) in [7, 11) is 0. The van der Waals surface area contributed by atoms with Crippen LogP contribution in [0.5, 0.6) is 0 Å². The Labute approximate surface area is 104 Å². The van der Waals surface area contributed by atoms with Crippen LogP contribution in [0.3, 0.4) is 0 Å². The molecule has 17 heavy (non-hydrogen) atoms. The van der Waals surface area contributed by atoms with Crippen LogP contribution in [0.2, 0.25) is 0 Å². The third-order valence-electron chi connectivity index (χ3n) is 3.35. The Morgan fingerprint density at radius 1 is 1.18 bits per heavy atom. The lowest BCUT2D eigenvalue weighted by molar-refractivity contribution is 0.106. The van der Waals surface area contributed by atoms with Crippen molar-refractivity contribution in [3.8, 4) is 0 Å². The molecule has 0 fully saturated rings. The number of hydrogen-bond donors (Lipinski definition) is 4. The van der Waals surface area contributed by atoms with Gasteiger partial charge in [-0.2, -0.15) is 0 Å². The van der Waals surface area contributed by atoms with E-state index in [4.69, 9.17) is 17.2 Å². The first-order valence-electron chi connectivity index (χ1n) is 5.98. The van der Waals surface area contributed by atoms with Gasteiger partial charge in [-0.15, -0.1) is 0 Å². The van der Waals surface area contributed by atoms with Crippen LogP contribution in [0.4, 0.5) is 0 Å². The highest BCUT2D eigenvalue weighted by Crippen LogP contribution is 2.42. The molecule has 0 aromatic rings. The normalized spacial score (nSPS) is 26.0. The lowest BCUT2D eigenvalue weighted by Crippen LogP contribution is -2.66. The smallest absolute Gasteiger partial charge is 0.134 e. The largest absolute Gasteiger partial charge is 0.397 e. The van der Waals surface area contributed by atoms with Crippen LogP contribution >= 0.6 is 0 Å². The highest BCUT2D eigenvalue weighted by Gasteiger charge is 2.47. The van der Waals surface area contributed by atoms with E-state index in [-0.39, 0.29) is 10.8 Å². The number of allylic oxidation sites excluding steroid dienone is 1. The first-order chi connectivity index (χ1) is 7.50. The predicted octanol–water partition coefficient (Wildman–Crippen LogP) is 1.35. The maximum absolute atomic E-state index is 6.45. The molecule has 0 aromatic heterocycles. The zero-order valence-electron chi connectivity index (χ0n) is 11.6. The molecule has 98 valence electrons. The van der Waals surface area contributed by atoms with Crippen LogP contribution in [-0.4, -0.2) is 5.66 Å². The van der Waals surface area contributed by atoms with Gasteiger partial charge in [0.2, 0.25) is 0 Å². The second-order valence-corrected chi connectivity index (χ2v) is 6.78.